The second-order valence-corrected chi connectivity index (χ2v) is 5.94. The van der Waals surface area contributed by atoms with Crippen molar-refractivity contribution in [1.29, 1.82) is 5.41 Å². The number of carbonyl (C=O) groups is 1. The molecule has 0 aliphatic rings. The third-order valence-electron chi connectivity index (χ3n) is 4.25. The monoisotopic (exact) mass is 397 g/mol. The number of nitrogens with one attached hydrogen (secondary N) is 2. The average molecular weight is 397 g/mol. The molecule has 0 bridgehead atoms. The predicted molar refractivity (Wildman–Crippen MR) is 118 cm³/mol. The van der Waals surface area contributed by atoms with Crippen LogP contribution in [0.15, 0.2) is 54.9 Å². The Morgan fingerprint density at radius 2 is 1.97 bits per heavy atom. The van der Waals surface area contributed by atoms with Crippen molar-refractivity contribution < 1.29 is 9.18 Å². The highest BCUT2D eigenvalue weighted by atomic mass is 19.1. The van der Waals surface area contributed by atoms with Gasteiger partial charge in [-0.05, 0) is 38.5 Å². The summed E-state index contributed by atoms with van der Waals surface area (Å²) in [7, 11) is 1.65. The highest BCUT2D eigenvalue weighted by molar-refractivity contribution is 5.96. The third-order valence-corrected chi connectivity index (χ3v) is 4.25. The number of hydrogen-bond donors (Lipinski definition) is 3. The molecule has 3 aromatic rings. The predicted octanol–water partition coefficient (Wildman–Crippen LogP) is 4.09. The van der Waals surface area contributed by atoms with Crippen LogP contribution in [0.25, 0.3) is 16.6 Å². The van der Waals surface area contributed by atoms with Crippen molar-refractivity contribution in [1.82, 2.24) is 14.9 Å². The van der Waals surface area contributed by atoms with E-state index >= 15 is 0 Å². The fourth-order valence-electron chi connectivity index (χ4n) is 2.69. The first-order valence-electron chi connectivity index (χ1n) is 9.09. The van der Waals surface area contributed by atoms with E-state index in [9.17, 15) is 9.18 Å². The maximum atomic E-state index is 12.0. The quantitative estimate of drug-likeness (QED) is 0.353. The second-order valence-electron chi connectivity index (χ2n) is 5.94. The summed E-state index contributed by atoms with van der Waals surface area (Å²) in [5.41, 5.74) is 9.13. The standard InChI is InChI=1S/C17H17N3O.C4H7F.CH4N2/c1-11-12(2)20(10-14(11)17(21)18-3)16-8-9-19-15-7-5-4-6-13(15)16;1-2-3-4-5;2-1-3/h4-10H,1-3H3,(H,18,21);2-3H,4H2,1H3;1H,(H3,2,3)/b;3-2-;. The lowest BCUT2D eigenvalue weighted by molar-refractivity contribution is 0.0962. The number of aromatic nitrogens is 2. The highest BCUT2D eigenvalue weighted by Gasteiger charge is 2.16. The third kappa shape index (κ3) is 6.00. The molecule has 0 spiro atoms. The van der Waals surface area contributed by atoms with Crippen LogP contribution in [0.3, 0.4) is 0 Å². The fourth-order valence-corrected chi connectivity index (χ4v) is 2.69. The molecule has 0 saturated heterocycles. The minimum Gasteiger partial charge on any atom is -0.390 e. The zero-order chi connectivity index (χ0) is 21.8. The average Bonchev–Trinajstić information content (AvgIpc) is 3.03. The van der Waals surface area contributed by atoms with Gasteiger partial charge in [0.15, 0.2) is 0 Å². The van der Waals surface area contributed by atoms with Crippen LogP contribution in [0.2, 0.25) is 0 Å². The molecule has 0 saturated carbocycles. The van der Waals surface area contributed by atoms with Gasteiger partial charge in [-0.15, -0.1) is 0 Å². The number of nitrogens with two attached hydrogens (primary N) is 1. The van der Waals surface area contributed by atoms with Crippen LogP contribution in [0.4, 0.5) is 4.39 Å². The molecule has 3 rings (SSSR count). The minimum absolute atomic E-state index is 0.0623. The van der Waals surface area contributed by atoms with E-state index in [0.29, 0.717) is 5.56 Å². The Bertz CT molecular complexity index is 973. The molecule has 1 aromatic carbocycles. The summed E-state index contributed by atoms with van der Waals surface area (Å²) in [6.07, 6.45) is 7.58. The zero-order valence-electron chi connectivity index (χ0n) is 17.2. The molecule has 0 atom stereocenters. The van der Waals surface area contributed by atoms with Crippen LogP contribution in [0, 0.1) is 19.3 Å². The van der Waals surface area contributed by atoms with Crippen molar-refractivity contribution in [3.63, 3.8) is 0 Å². The van der Waals surface area contributed by atoms with Crippen LogP contribution in [-0.4, -0.2) is 35.5 Å². The number of fused-ring (bicyclic) bond motifs is 1. The Hall–Kier alpha value is -3.48. The van der Waals surface area contributed by atoms with Crippen molar-refractivity contribution in [3.8, 4) is 5.69 Å². The van der Waals surface area contributed by atoms with E-state index in [1.54, 1.807) is 26.2 Å². The topological polar surface area (TPSA) is 96.8 Å². The van der Waals surface area contributed by atoms with Gasteiger partial charge >= 0.3 is 0 Å². The first kappa shape index (κ1) is 23.6. The summed E-state index contributed by atoms with van der Waals surface area (Å²) >= 11 is 0. The molecule has 0 aliphatic carbocycles. The van der Waals surface area contributed by atoms with Gasteiger partial charge in [-0.1, -0.05) is 30.4 Å². The molecule has 0 aliphatic heterocycles. The Labute approximate surface area is 170 Å². The first-order chi connectivity index (χ1) is 14.0. The number of nitrogens with zero attached hydrogens (tertiary/aromatic N) is 2. The molecule has 0 radical (unpaired) electrons. The van der Waals surface area contributed by atoms with Gasteiger partial charge in [-0.25, -0.2) is 4.39 Å². The Morgan fingerprint density at radius 1 is 1.31 bits per heavy atom. The lowest BCUT2D eigenvalue weighted by Crippen LogP contribution is -2.18. The van der Waals surface area contributed by atoms with Crippen molar-refractivity contribution in [2.45, 2.75) is 20.8 Å². The normalized spacial score (nSPS) is 9.97. The number of amides is 1. The van der Waals surface area contributed by atoms with E-state index in [-0.39, 0.29) is 12.6 Å². The molecule has 6 nitrogen and oxygen atoms in total. The van der Waals surface area contributed by atoms with Gasteiger partial charge in [0.1, 0.15) is 6.67 Å². The molecule has 0 fully saturated rings. The first-order valence-corrected chi connectivity index (χ1v) is 9.09. The van der Waals surface area contributed by atoms with E-state index in [1.165, 1.54) is 6.08 Å². The van der Waals surface area contributed by atoms with Crippen LogP contribution in [0.1, 0.15) is 28.5 Å². The van der Waals surface area contributed by atoms with Crippen molar-refractivity contribution >= 4 is 23.1 Å². The van der Waals surface area contributed by atoms with Crippen molar-refractivity contribution in [2.75, 3.05) is 13.7 Å². The molecule has 154 valence electrons. The van der Waals surface area contributed by atoms with Crippen molar-refractivity contribution in [2.24, 2.45) is 5.73 Å². The van der Waals surface area contributed by atoms with Gasteiger partial charge in [0.2, 0.25) is 0 Å². The number of para-hydroxylation sites is 1. The lowest BCUT2D eigenvalue weighted by Gasteiger charge is -2.09. The van der Waals surface area contributed by atoms with Gasteiger partial charge in [0, 0.05) is 30.5 Å². The van der Waals surface area contributed by atoms with Crippen LogP contribution >= 0.6 is 0 Å². The zero-order valence-corrected chi connectivity index (χ0v) is 17.2. The Morgan fingerprint density at radius 3 is 2.52 bits per heavy atom. The molecule has 1 amide bonds. The maximum absolute atomic E-state index is 12.0. The smallest absolute Gasteiger partial charge is 0.252 e. The fraction of sp³-hybridized carbons (Fsp3) is 0.227. The van der Waals surface area contributed by atoms with Crippen LogP contribution in [-0.2, 0) is 0 Å². The lowest BCUT2D eigenvalue weighted by atomic mass is 10.1. The summed E-state index contributed by atoms with van der Waals surface area (Å²) in [6.45, 7) is 5.45. The van der Waals surface area contributed by atoms with Gasteiger partial charge < -0.3 is 15.6 Å². The number of hydrogen-bond acceptors (Lipinski definition) is 3. The molecular weight excluding hydrogens is 369 g/mol. The number of allylic oxidation sites excluding steroid dienone is 2. The number of alkyl halides is 1. The summed E-state index contributed by atoms with van der Waals surface area (Å²) in [5.74, 6) is -0.0623. The Balaban J connectivity index is 0.000000452. The van der Waals surface area contributed by atoms with Gasteiger partial charge in [0.25, 0.3) is 5.91 Å². The van der Waals surface area contributed by atoms with Gasteiger partial charge in [-0.2, -0.15) is 0 Å². The van der Waals surface area contributed by atoms with Crippen molar-refractivity contribution in [3.05, 3.63) is 71.7 Å². The van der Waals surface area contributed by atoms with Crippen LogP contribution in [0.5, 0.6) is 0 Å². The van der Waals surface area contributed by atoms with E-state index in [4.69, 9.17) is 5.41 Å². The van der Waals surface area contributed by atoms with E-state index in [1.807, 2.05) is 50.4 Å². The SMILES string of the molecule is C/C=C\CF.CNC(=O)c1cn(-c2ccnc3ccccc23)c(C)c1C.N=CN. The van der Waals surface area contributed by atoms with E-state index in [2.05, 4.69) is 20.6 Å². The number of benzene rings is 1. The maximum Gasteiger partial charge on any atom is 0.252 e. The summed E-state index contributed by atoms with van der Waals surface area (Å²) < 4.78 is 13.0. The molecule has 2 aromatic heterocycles. The molecule has 29 heavy (non-hydrogen) atoms. The van der Waals surface area contributed by atoms with Crippen LogP contribution < -0.4 is 11.1 Å². The number of rotatable bonds is 3. The number of halogens is 1. The van der Waals surface area contributed by atoms with E-state index < -0.39 is 0 Å². The van der Waals surface area contributed by atoms with Gasteiger partial charge in [-0.3, -0.25) is 15.2 Å². The minimum atomic E-state index is -0.337. The van der Waals surface area contributed by atoms with Gasteiger partial charge in [0.05, 0.1) is 23.1 Å². The molecular formula is C22H28FN5O. The Kier molecular flexibility index (Phi) is 9.81. The number of carbonyl (C=O) groups excluding carboxylic acids is 1. The molecule has 0 unspecified atom stereocenters. The summed E-state index contributed by atoms with van der Waals surface area (Å²) in [4.78, 5) is 16.3. The summed E-state index contributed by atoms with van der Waals surface area (Å²) in [5, 5.41) is 9.62. The highest BCUT2D eigenvalue weighted by Crippen LogP contribution is 2.25. The largest absolute Gasteiger partial charge is 0.390 e. The molecule has 4 N–H and O–H groups in total. The summed E-state index contributed by atoms with van der Waals surface area (Å²) in [6, 6.07) is 9.99. The second kappa shape index (κ2) is 12.1. The van der Waals surface area contributed by atoms with E-state index in [0.717, 1.165) is 34.2 Å². The number of pyridine rings is 1. The molecule has 7 heteroatoms. The molecule has 2 heterocycles.